The van der Waals surface area contributed by atoms with Gasteiger partial charge < -0.3 is 73.2 Å². The van der Waals surface area contributed by atoms with Gasteiger partial charge in [0.1, 0.15) is 30.5 Å². The number of ether oxygens (including phenoxy) is 8. The van der Waals surface area contributed by atoms with Gasteiger partial charge in [-0.25, -0.2) is 0 Å². The molecule has 5 N–H and O–H groups in total. The van der Waals surface area contributed by atoms with Gasteiger partial charge in [-0.2, -0.15) is 0 Å². The SMILES string of the molecule is CO[C@@H]1[C@@H](O[C@@H]2O[C@H](C)[C@@H](O[C@H]3C[C@@](C)(O)[C@@H](O)[C@H](C)O3)[C@H](N(C)C)[C@H]2O)[C@@H](CCO)C[C@@H](C)[C@@H](O[C@H]2CC[C@H](N(C)C)[C@@H](C)O2)C=CC=CC[C@@H](C)OC(=O)C[C@H]1O. The number of allylic oxidation sites excluding steroid dienone is 2. The van der Waals surface area contributed by atoms with Crippen LogP contribution in [0, 0.1) is 11.8 Å². The molecule has 4 heterocycles. The molecule has 0 aromatic rings. The molecule has 4 aliphatic heterocycles. The number of hydrogen-bond acceptors (Lipinski definition) is 16. The standard InChI is InChI=1S/C43H76N2O14/c1-24-21-29(19-20-46)39(59-42-37(49)36(45(9)10)38(27(4)56-42)58-35-23-43(6,51)41(50)28(5)55-35)40(52-11)31(47)22-33(48)53-25(2)15-13-12-14-16-32(24)57-34-18-17-30(44(7)8)26(3)54-34/h12-14,16,24-32,34-42,46-47,49-51H,15,17-23H2,1-11H3/t24-,25-,26-,27-,28+,29+,30+,31-,32+,34+,35+,36-,37-,38-,39+,40+,41+,42+,43-/m1/s1. The molecule has 0 aliphatic carbocycles. The third-order valence-electron chi connectivity index (χ3n) is 12.5. The minimum atomic E-state index is -1.46. The van der Waals surface area contributed by atoms with Crippen molar-refractivity contribution in [2.75, 3.05) is 41.9 Å². The molecular weight excluding hydrogens is 768 g/mol. The van der Waals surface area contributed by atoms with Crippen LogP contribution in [0.5, 0.6) is 0 Å². The summed E-state index contributed by atoms with van der Waals surface area (Å²) < 4.78 is 50.2. The summed E-state index contributed by atoms with van der Waals surface area (Å²) in [5.74, 6) is -1.28. The van der Waals surface area contributed by atoms with E-state index in [9.17, 15) is 30.3 Å². The highest BCUT2D eigenvalue weighted by Crippen LogP contribution is 2.37. The fourth-order valence-corrected chi connectivity index (χ4v) is 9.19. The second-order valence-electron chi connectivity index (χ2n) is 17.9. The largest absolute Gasteiger partial charge is 0.462 e. The Balaban J connectivity index is 1.66. The monoisotopic (exact) mass is 845 g/mol. The van der Waals surface area contributed by atoms with Gasteiger partial charge in [-0.3, -0.25) is 4.79 Å². The van der Waals surface area contributed by atoms with E-state index in [0.717, 1.165) is 6.42 Å². The number of methoxy groups -OCH3 is 1. The molecule has 19 atom stereocenters. The summed E-state index contributed by atoms with van der Waals surface area (Å²) in [4.78, 5) is 17.1. The molecule has 3 saturated heterocycles. The molecule has 16 nitrogen and oxygen atoms in total. The summed E-state index contributed by atoms with van der Waals surface area (Å²) in [5, 5.41) is 55.6. The molecule has 0 spiro atoms. The Morgan fingerprint density at radius 3 is 2.15 bits per heavy atom. The highest BCUT2D eigenvalue weighted by atomic mass is 16.7. The Bertz CT molecular complexity index is 1330. The van der Waals surface area contributed by atoms with Gasteiger partial charge in [0.15, 0.2) is 18.9 Å². The lowest BCUT2D eigenvalue weighted by atomic mass is 9.82. The molecule has 0 aromatic carbocycles. The van der Waals surface area contributed by atoms with E-state index < -0.39 is 103 Å². The van der Waals surface area contributed by atoms with Gasteiger partial charge in [0.25, 0.3) is 0 Å². The number of carbonyl (C=O) groups is 1. The zero-order valence-electron chi connectivity index (χ0n) is 37.2. The van der Waals surface area contributed by atoms with Gasteiger partial charge in [-0.15, -0.1) is 0 Å². The Kier molecular flexibility index (Phi) is 19.2. The maximum atomic E-state index is 13.1. The third-order valence-corrected chi connectivity index (χ3v) is 12.5. The second kappa shape index (κ2) is 22.7. The lowest BCUT2D eigenvalue weighted by Gasteiger charge is -2.50. The number of nitrogens with zero attached hydrogens (tertiary/aromatic N) is 2. The highest BCUT2D eigenvalue weighted by Gasteiger charge is 2.52. The maximum Gasteiger partial charge on any atom is 0.308 e. The maximum absolute atomic E-state index is 13.1. The minimum Gasteiger partial charge on any atom is -0.462 e. The molecule has 0 bridgehead atoms. The highest BCUT2D eigenvalue weighted by molar-refractivity contribution is 5.70. The Hall–Kier alpha value is -1.61. The van der Waals surface area contributed by atoms with Crippen LogP contribution in [0.2, 0.25) is 0 Å². The Morgan fingerprint density at radius 2 is 1.54 bits per heavy atom. The predicted molar refractivity (Wildman–Crippen MR) is 218 cm³/mol. The fraction of sp³-hybridized carbons (Fsp3) is 0.884. The fourth-order valence-electron chi connectivity index (χ4n) is 9.19. The second-order valence-corrected chi connectivity index (χ2v) is 17.9. The number of cyclic esters (lactones) is 1. The van der Waals surface area contributed by atoms with E-state index >= 15 is 0 Å². The van der Waals surface area contributed by atoms with E-state index in [1.54, 1.807) is 39.8 Å². The van der Waals surface area contributed by atoms with Crippen LogP contribution < -0.4 is 0 Å². The van der Waals surface area contributed by atoms with Gasteiger partial charge in [0.05, 0.1) is 54.7 Å². The summed E-state index contributed by atoms with van der Waals surface area (Å²) in [6.45, 7) is 10.6. The average Bonchev–Trinajstić information content (AvgIpc) is 3.13. The molecule has 0 unspecified atom stereocenters. The van der Waals surface area contributed by atoms with Crippen LogP contribution in [-0.2, 0) is 42.7 Å². The molecule has 0 saturated carbocycles. The summed E-state index contributed by atoms with van der Waals surface area (Å²) >= 11 is 0. The van der Waals surface area contributed by atoms with E-state index in [1.807, 2.05) is 38.4 Å². The molecule has 0 radical (unpaired) electrons. The average molecular weight is 845 g/mol. The summed E-state index contributed by atoms with van der Waals surface area (Å²) in [6, 6.07) is -0.434. The first-order valence-corrected chi connectivity index (χ1v) is 21.5. The van der Waals surface area contributed by atoms with Crippen molar-refractivity contribution in [1.82, 2.24) is 9.80 Å². The topological polar surface area (TPSA) is 199 Å². The third kappa shape index (κ3) is 13.4. The van der Waals surface area contributed by atoms with E-state index in [-0.39, 0.29) is 43.9 Å². The number of hydrogen-bond donors (Lipinski definition) is 5. The normalized spacial score (nSPS) is 44.8. The molecular formula is C43H76N2O14. The zero-order chi connectivity index (χ0) is 43.8. The number of rotatable bonds is 11. The van der Waals surface area contributed by atoms with E-state index in [0.29, 0.717) is 19.3 Å². The lowest BCUT2D eigenvalue weighted by molar-refractivity contribution is -0.344. The van der Waals surface area contributed by atoms with Gasteiger partial charge in [0.2, 0.25) is 0 Å². The van der Waals surface area contributed by atoms with Crippen LogP contribution in [0.15, 0.2) is 24.3 Å². The number of likely N-dealkylation sites (N-methyl/N-ethyl adjacent to an activating group) is 2. The first-order chi connectivity index (χ1) is 27.8. The van der Waals surface area contributed by atoms with Crippen LogP contribution in [-0.4, -0.2) is 187 Å². The van der Waals surface area contributed by atoms with Crippen molar-refractivity contribution in [2.45, 2.75) is 190 Å². The van der Waals surface area contributed by atoms with Crippen molar-refractivity contribution in [1.29, 1.82) is 0 Å². The van der Waals surface area contributed by atoms with Crippen molar-refractivity contribution < 1.29 is 68.2 Å². The van der Waals surface area contributed by atoms with Crippen LogP contribution in [0.1, 0.15) is 86.5 Å². The predicted octanol–water partition coefficient (Wildman–Crippen LogP) is 2.12. The number of aliphatic hydroxyl groups is 5. The quantitative estimate of drug-likeness (QED) is 0.190. The molecule has 342 valence electrons. The molecule has 0 aromatic heterocycles. The first kappa shape index (κ1) is 50.0. The number of esters is 1. The minimum absolute atomic E-state index is 0.00565. The van der Waals surface area contributed by atoms with Crippen LogP contribution in [0.4, 0.5) is 0 Å². The van der Waals surface area contributed by atoms with Crippen LogP contribution >= 0.6 is 0 Å². The number of carbonyl (C=O) groups excluding carboxylic acids is 1. The molecule has 3 fully saturated rings. The van der Waals surface area contributed by atoms with Gasteiger partial charge >= 0.3 is 5.97 Å². The molecule has 59 heavy (non-hydrogen) atoms. The lowest BCUT2D eigenvalue weighted by Crippen LogP contribution is -2.65. The molecule has 4 rings (SSSR count). The smallest absolute Gasteiger partial charge is 0.308 e. The van der Waals surface area contributed by atoms with Crippen molar-refractivity contribution >= 4 is 5.97 Å². The van der Waals surface area contributed by atoms with Crippen molar-refractivity contribution in [2.24, 2.45) is 11.8 Å². The van der Waals surface area contributed by atoms with E-state index in [1.165, 1.54) is 14.0 Å². The molecule has 16 heteroatoms. The zero-order valence-corrected chi connectivity index (χ0v) is 37.2. The summed E-state index contributed by atoms with van der Waals surface area (Å²) in [5.41, 5.74) is -1.46. The van der Waals surface area contributed by atoms with E-state index in [4.69, 9.17) is 37.9 Å². The summed E-state index contributed by atoms with van der Waals surface area (Å²) in [6.07, 6.45) is -1.53. The molecule has 4 aliphatic rings. The van der Waals surface area contributed by atoms with Crippen LogP contribution in [0.3, 0.4) is 0 Å². The number of aliphatic hydroxyl groups excluding tert-OH is 4. The Labute approximate surface area is 351 Å². The van der Waals surface area contributed by atoms with Crippen molar-refractivity contribution in [3.05, 3.63) is 24.3 Å². The van der Waals surface area contributed by atoms with Crippen LogP contribution in [0.25, 0.3) is 0 Å². The summed E-state index contributed by atoms with van der Waals surface area (Å²) in [7, 11) is 9.10. The molecule has 0 amide bonds. The van der Waals surface area contributed by atoms with Gasteiger partial charge in [-0.1, -0.05) is 31.2 Å². The first-order valence-electron chi connectivity index (χ1n) is 21.5. The van der Waals surface area contributed by atoms with Crippen molar-refractivity contribution in [3.8, 4) is 0 Å². The van der Waals surface area contributed by atoms with Crippen molar-refractivity contribution in [3.63, 3.8) is 0 Å². The van der Waals surface area contributed by atoms with E-state index in [2.05, 4.69) is 18.7 Å². The van der Waals surface area contributed by atoms with Gasteiger partial charge in [-0.05, 0) is 100 Å². The van der Waals surface area contributed by atoms with Gasteiger partial charge in [0, 0.05) is 32.6 Å². The Morgan fingerprint density at radius 1 is 0.847 bits per heavy atom.